The van der Waals surface area contributed by atoms with E-state index >= 15 is 0 Å². The smallest absolute Gasteiger partial charge is 0.0953 e. The lowest BCUT2D eigenvalue weighted by Crippen LogP contribution is -2.24. The zero-order valence-corrected chi connectivity index (χ0v) is 10.1. The highest BCUT2D eigenvalue weighted by Gasteiger charge is 2.36. The first-order chi connectivity index (χ1) is 6.63. The van der Waals surface area contributed by atoms with E-state index in [-0.39, 0.29) is 5.41 Å². The average Bonchev–Trinajstić information content (AvgIpc) is 2.70. The lowest BCUT2D eigenvalue weighted by molar-refractivity contribution is 0.166. The van der Waals surface area contributed by atoms with E-state index in [1.54, 1.807) is 0 Å². The van der Waals surface area contributed by atoms with E-state index in [4.69, 9.17) is 4.74 Å². The van der Waals surface area contributed by atoms with Crippen molar-refractivity contribution in [3.63, 3.8) is 0 Å². The zero-order chi connectivity index (χ0) is 10.2. The largest absolute Gasteiger partial charge is 0.379 e. The Morgan fingerprint density at radius 3 is 3.00 bits per heavy atom. The van der Waals surface area contributed by atoms with Gasteiger partial charge in [-0.05, 0) is 0 Å². The number of ether oxygens (including phenoxy) is 1. The first kappa shape index (κ1) is 10.2. The van der Waals surface area contributed by atoms with Gasteiger partial charge in [0.2, 0.25) is 0 Å². The Labute approximate surface area is 92.6 Å². The Kier molecular flexibility index (Phi) is 2.66. The van der Waals surface area contributed by atoms with Crippen molar-refractivity contribution in [3.05, 3.63) is 18.2 Å². The first-order valence-corrected chi connectivity index (χ1v) is 5.92. The summed E-state index contributed by atoms with van der Waals surface area (Å²) in [7, 11) is 0. The summed E-state index contributed by atoms with van der Waals surface area (Å²) in [5.74, 6) is 0. The number of aromatic nitrogens is 2. The second kappa shape index (κ2) is 3.66. The molecule has 14 heavy (non-hydrogen) atoms. The second-order valence-electron chi connectivity index (χ2n) is 4.47. The topological polar surface area (TPSA) is 27.1 Å². The van der Waals surface area contributed by atoms with Crippen LogP contribution in [0.5, 0.6) is 0 Å². The number of halogens is 1. The van der Waals surface area contributed by atoms with Crippen LogP contribution in [0, 0.1) is 5.41 Å². The first-order valence-electron chi connectivity index (χ1n) is 4.79. The number of hydrogen-bond acceptors (Lipinski definition) is 2. The highest BCUT2D eigenvalue weighted by atomic mass is 79.9. The molecule has 0 bridgehead atoms. The number of rotatable bonds is 2. The molecule has 0 aromatic carbocycles. The molecule has 0 spiro atoms. The van der Waals surface area contributed by atoms with Gasteiger partial charge in [0, 0.05) is 16.9 Å². The van der Waals surface area contributed by atoms with Crippen LogP contribution in [0.3, 0.4) is 0 Å². The van der Waals surface area contributed by atoms with E-state index in [1.807, 2.05) is 6.33 Å². The highest BCUT2D eigenvalue weighted by Crippen LogP contribution is 2.37. The summed E-state index contributed by atoms with van der Waals surface area (Å²) in [4.78, 5) is 4.31. The van der Waals surface area contributed by atoms with Crippen molar-refractivity contribution in [1.29, 1.82) is 0 Å². The summed E-state index contributed by atoms with van der Waals surface area (Å²) >= 11 is 3.40. The van der Waals surface area contributed by atoms with Crippen LogP contribution < -0.4 is 0 Å². The summed E-state index contributed by atoms with van der Waals surface area (Å²) in [5.41, 5.74) is 1.29. The fourth-order valence-corrected chi connectivity index (χ4v) is 2.15. The molecule has 0 aliphatic carbocycles. The number of alkyl halides is 1. The standard InChI is InChI=1S/C10H15BrN2O/c1-10(2)6-14-5-9(10)13-4-8(3-11)12-7-13/h4,7,9H,3,5-6H2,1-2H3. The van der Waals surface area contributed by atoms with E-state index in [1.165, 1.54) is 0 Å². The van der Waals surface area contributed by atoms with E-state index < -0.39 is 0 Å². The molecule has 0 saturated carbocycles. The summed E-state index contributed by atoms with van der Waals surface area (Å²) < 4.78 is 7.68. The molecule has 1 aliphatic heterocycles. The Morgan fingerprint density at radius 1 is 1.71 bits per heavy atom. The van der Waals surface area contributed by atoms with Crippen LogP contribution in [0.1, 0.15) is 25.6 Å². The van der Waals surface area contributed by atoms with Crippen molar-refractivity contribution in [2.24, 2.45) is 5.41 Å². The summed E-state index contributed by atoms with van der Waals surface area (Å²) in [6.07, 6.45) is 3.99. The number of hydrogen-bond donors (Lipinski definition) is 0. The average molecular weight is 259 g/mol. The predicted octanol–water partition coefficient (Wildman–Crippen LogP) is 2.38. The second-order valence-corrected chi connectivity index (χ2v) is 5.03. The maximum atomic E-state index is 5.51. The molecule has 0 amide bonds. The van der Waals surface area contributed by atoms with Gasteiger partial charge in [0.15, 0.2) is 0 Å². The highest BCUT2D eigenvalue weighted by molar-refractivity contribution is 9.08. The Bertz CT molecular complexity index is 322. The molecule has 0 N–H and O–H groups in total. The van der Waals surface area contributed by atoms with Gasteiger partial charge in [0.1, 0.15) is 0 Å². The molecule has 2 rings (SSSR count). The minimum Gasteiger partial charge on any atom is -0.379 e. The van der Waals surface area contributed by atoms with E-state index in [9.17, 15) is 0 Å². The molecule has 1 aliphatic rings. The molecule has 0 radical (unpaired) electrons. The Morgan fingerprint density at radius 2 is 2.50 bits per heavy atom. The Balaban J connectivity index is 2.22. The normalized spacial score (nSPS) is 25.5. The van der Waals surface area contributed by atoms with Gasteiger partial charge in [0.25, 0.3) is 0 Å². The molecule has 2 heterocycles. The van der Waals surface area contributed by atoms with Crippen LogP contribution in [0.25, 0.3) is 0 Å². The van der Waals surface area contributed by atoms with Gasteiger partial charge in [-0.15, -0.1) is 0 Å². The molecule has 1 aromatic heterocycles. The van der Waals surface area contributed by atoms with E-state index in [2.05, 4.69) is 45.5 Å². The molecule has 1 saturated heterocycles. The molecular weight excluding hydrogens is 244 g/mol. The third-order valence-corrected chi connectivity index (χ3v) is 3.38. The van der Waals surface area contributed by atoms with E-state index in [0.29, 0.717) is 6.04 Å². The van der Waals surface area contributed by atoms with Crippen LogP contribution >= 0.6 is 15.9 Å². The maximum absolute atomic E-state index is 5.51. The van der Waals surface area contributed by atoms with E-state index in [0.717, 1.165) is 24.2 Å². The van der Waals surface area contributed by atoms with Gasteiger partial charge in [-0.2, -0.15) is 0 Å². The fourth-order valence-electron chi connectivity index (χ4n) is 1.86. The lowest BCUT2D eigenvalue weighted by atomic mass is 9.88. The Hall–Kier alpha value is -0.350. The molecule has 1 fully saturated rings. The van der Waals surface area contributed by atoms with Crippen LogP contribution in [0.2, 0.25) is 0 Å². The lowest BCUT2D eigenvalue weighted by Gasteiger charge is -2.25. The molecule has 78 valence electrons. The van der Waals surface area contributed by atoms with Crippen LogP contribution in [-0.4, -0.2) is 22.8 Å². The van der Waals surface area contributed by atoms with Crippen molar-refractivity contribution in [2.45, 2.75) is 25.2 Å². The minimum atomic E-state index is 0.213. The number of imidazole rings is 1. The summed E-state index contributed by atoms with van der Waals surface area (Å²) in [6, 6.07) is 0.419. The molecule has 1 unspecified atom stereocenters. The van der Waals surface area contributed by atoms with Crippen molar-refractivity contribution >= 4 is 15.9 Å². The van der Waals surface area contributed by atoms with Crippen LogP contribution in [0.4, 0.5) is 0 Å². The van der Waals surface area contributed by atoms with Crippen LogP contribution in [0.15, 0.2) is 12.5 Å². The van der Waals surface area contributed by atoms with Gasteiger partial charge in [-0.3, -0.25) is 0 Å². The summed E-state index contributed by atoms with van der Waals surface area (Å²) in [6.45, 7) is 6.10. The molecule has 3 nitrogen and oxygen atoms in total. The number of nitrogens with zero attached hydrogens (tertiary/aromatic N) is 2. The SMILES string of the molecule is CC1(C)COCC1n1cnc(CBr)c1. The van der Waals surface area contributed by atoms with Crippen molar-refractivity contribution in [3.8, 4) is 0 Å². The molecular formula is C10H15BrN2O. The fraction of sp³-hybridized carbons (Fsp3) is 0.700. The molecule has 4 heteroatoms. The van der Waals surface area contributed by atoms with Gasteiger partial charge >= 0.3 is 0 Å². The molecule has 1 atom stereocenters. The van der Waals surface area contributed by atoms with Gasteiger partial charge in [-0.25, -0.2) is 4.98 Å². The van der Waals surface area contributed by atoms with Crippen molar-refractivity contribution in [1.82, 2.24) is 9.55 Å². The quantitative estimate of drug-likeness (QED) is 0.762. The minimum absolute atomic E-state index is 0.213. The monoisotopic (exact) mass is 258 g/mol. The molecule has 1 aromatic rings. The van der Waals surface area contributed by atoms with Gasteiger partial charge < -0.3 is 9.30 Å². The van der Waals surface area contributed by atoms with Gasteiger partial charge in [0.05, 0.1) is 31.3 Å². The predicted molar refractivity (Wildman–Crippen MR) is 58.5 cm³/mol. The van der Waals surface area contributed by atoms with Gasteiger partial charge in [-0.1, -0.05) is 29.8 Å². The maximum Gasteiger partial charge on any atom is 0.0953 e. The van der Waals surface area contributed by atoms with Crippen molar-refractivity contribution < 1.29 is 4.74 Å². The zero-order valence-electron chi connectivity index (χ0n) is 8.53. The third kappa shape index (κ3) is 1.73. The van der Waals surface area contributed by atoms with Crippen LogP contribution in [-0.2, 0) is 10.1 Å². The summed E-state index contributed by atoms with van der Waals surface area (Å²) in [5, 5.41) is 0.813. The van der Waals surface area contributed by atoms with Crippen molar-refractivity contribution in [2.75, 3.05) is 13.2 Å². The third-order valence-electron chi connectivity index (χ3n) is 2.80.